The molecular formula is C12H23NO. The van der Waals surface area contributed by atoms with Crippen LogP contribution in [0.5, 0.6) is 0 Å². The van der Waals surface area contributed by atoms with Crippen LogP contribution in [0.15, 0.2) is 0 Å². The second-order valence-corrected chi connectivity index (χ2v) is 4.76. The van der Waals surface area contributed by atoms with E-state index in [0.717, 1.165) is 6.04 Å². The van der Waals surface area contributed by atoms with Gasteiger partial charge < -0.3 is 9.64 Å². The highest BCUT2D eigenvalue weighted by molar-refractivity contribution is 4.81. The van der Waals surface area contributed by atoms with Crippen LogP contribution < -0.4 is 0 Å². The molecule has 0 aromatic carbocycles. The van der Waals surface area contributed by atoms with E-state index in [0.29, 0.717) is 6.10 Å². The lowest BCUT2D eigenvalue weighted by atomic mass is 9.91. The summed E-state index contributed by atoms with van der Waals surface area (Å²) in [6.45, 7) is 2.70. The maximum absolute atomic E-state index is 5.41. The summed E-state index contributed by atoms with van der Waals surface area (Å²) >= 11 is 0. The van der Waals surface area contributed by atoms with Crippen LogP contribution in [0.3, 0.4) is 0 Å². The molecule has 0 radical (unpaired) electrons. The third-order valence-corrected chi connectivity index (χ3v) is 3.88. The van der Waals surface area contributed by atoms with E-state index in [1.807, 2.05) is 7.11 Å². The summed E-state index contributed by atoms with van der Waals surface area (Å²) in [6, 6.07) is 0.877. The third kappa shape index (κ3) is 2.48. The van der Waals surface area contributed by atoms with Gasteiger partial charge >= 0.3 is 0 Å². The molecule has 0 bridgehead atoms. The summed E-state index contributed by atoms with van der Waals surface area (Å²) < 4.78 is 5.41. The number of piperidine rings is 1. The Balaban J connectivity index is 1.76. The van der Waals surface area contributed by atoms with E-state index in [2.05, 4.69) is 4.90 Å². The predicted octanol–water partition coefficient (Wildman–Crippen LogP) is 2.43. The fourth-order valence-corrected chi connectivity index (χ4v) is 2.93. The van der Waals surface area contributed by atoms with Crippen LogP contribution in [-0.2, 0) is 4.74 Å². The van der Waals surface area contributed by atoms with Gasteiger partial charge in [-0.2, -0.15) is 0 Å². The highest BCUT2D eigenvalue weighted by atomic mass is 16.5. The van der Waals surface area contributed by atoms with Gasteiger partial charge in [-0.05, 0) is 51.6 Å². The van der Waals surface area contributed by atoms with Crippen molar-refractivity contribution in [2.24, 2.45) is 0 Å². The van der Waals surface area contributed by atoms with Gasteiger partial charge in [0.05, 0.1) is 6.10 Å². The highest BCUT2D eigenvalue weighted by Gasteiger charge is 2.26. The Hall–Kier alpha value is -0.0800. The van der Waals surface area contributed by atoms with E-state index in [1.165, 1.54) is 58.0 Å². The van der Waals surface area contributed by atoms with Gasteiger partial charge in [-0.15, -0.1) is 0 Å². The van der Waals surface area contributed by atoms with Crippen LogP contribution >= 0.6 is 0 Å². The lowest BCUT2D eigenvalue weighted by Gasteiger charge is -2.38. The Bertz CT molecular complexity index is 158. The first-order valence-corrected chi connectivity index (χ1v) is 6.17. The molecule has 2 aliphatic rings. The van der Waals surface area contributed by atoms with Crippen molar-refractivity contribution in [3.05, 3.63) is 0 Å². The molecule has 0 aromatic rings. The molecule has 0 N–H and O–H groups in total. The summed E-state index contributed by atoms with van der Waals surface area (Å²) in [7, 11) is 1.85. The van der Waals surface area contributed by atoms with Crippen molar-refractivity contribution >= 4 is 0 Å². The minimum absolute atomic E-state index is 0.552. The van der Waals surface area contributed by atoms with Crippen molar-refractivity contribution in [3.8, 4) is 0 Å². The van der Waals surface area contributed by atoms with Gasteiger partial charge in [0.25, 0.3) is 0 Å². The van der Waals surface area contributed by atoms with Gasteiger partial charge in [0, 0.05) is 13.2 Å². The average Bonchev–Trinajstić information content (AvgIpc) is 2.30. The summed E-state index contributed by atoms with van der Waals surface area (Å²) in [5, 5.41) is 0. The van der Waals surface area contributed by atoms with Gasteiger partial charge in [-0.1, -0.05) is 6.42 Å². The second-order valence-electron chi connectivity index (χ2n) is 4.76. The number of rotatable bonds is 2. The second kappa shape index (κ2) is 5.13. The zero-order valence-corrected chi connectivity index (χ0v) is 9.37. The molecule has 0 atom stereocenters. The van der Waals surface area contributed by atoms with Gasteiger partial charge in [0.1, 0.15) is 0 Å². The Morgan fingerprint density at radius 2 is 1.57 bits per heavy atom. The molecule has 2 heteroatoms. The normalized spacial score (nSPS) is 35.8. The molecule has 82 valence electrons. The van der Waals surface area contributed by atoms with E-state index in [9.17, 15) is 0 Å². The third-order valence-electron chi connectivity index (χ3n) is 3.88. The van der Waals surface area contributed by atoms with Crippen LogP contribution in [0.2, 0.25) is 0 Å². The lowest BCUT2D eigenvalue weighted by molar-refractivity contribution is 0.0337. The smallest absolute Gasteiger partial charge is 0.0572 e. The van der Waals surface area contributed by atoms with Crippen molar-refractivity contribution < 1.29 is 4.74 Å². The standard InChI is InChI=1S/C12H23NO/c1-14-12-7-5-11(6-8-12)13-9-3-2-4-10-13/h11-12H,2-10H2,1H3/t11-,12-. The summed E-state index contributed by atoms with van der Waals surface area (Å²) in [5.74, 6) is 0. The fraction of sp³-hybridized carbons (Fsp3) is 1.00. The molecule has 0 amide bonds. The molecule has 1 saturated carbocycles. The maximum Gasteiger partial charge on any atom is 0.0572 e. The SMILES string of the molecule is CO[C@H]1CC[C@H](N2CCCCC2)CC1. The van der Waals surface area contributed by atoms with Crippen LogP contribution in [0.4, 0.5) is 0 Å². The van der Waals surface area contributed by atoms with Gasteiger partial charge in [0.15, 0.2) is 0 Å². The Kier molecular flexibility index (Phi) is 3.82. The molecule has 1 saturated heterocycles. The Labute approximate surface area is 87.6 Å². The van der Waals surface area contributed by atoms with Crippen molar-refractivity contribution in [2.75, 3.05) is 20.2 Å². The molecular weight excluding hydrogens is 174 g/mol. The number of hydrogen-bond donors (Lipinski definition) is 0. The van der Waals surface area contributed by atoms with Crippen LogP contribution in [0.1, 0.15) is 44.9 Å². The number of hydrogen-bond acceptors (Lipinski definition) is 2. The molecule has 0 spiro atoms. The summed E-state index contributed by atoms with van der Waals surface area (Å²) in [6.07, 6.45) is 10.1. The topological polar surface area (TPSA) is 12.5 Å². The predicted molar refractivity (Wildman–Crippen MR) is 58.5 cm³/mol. The monoisotopic (exact) mass is 197 g/mol. The van der Waals surface area contributed by atoms with Gasteiger partial charge in [-0.25, -0.2) is 0 Å². The molecule has 2 nitrogen and oxygen atoms in total. The van der Waals surface area contributed by atoms with E-state index in [-0.39, 0.29) is 0 Å². The van der Waals surface area contributed by atoms with Crippen molar-refractivity contribution in [3.63, 3.8) is 0 Å². The first kappa shape index (κ1) is 10.4. The molecule has 1 aliphatic heterocycles. The quantitative estimate of drug-likeness (QED) is 0.674. The van der Waals surface area contributed by atoms with E-state index < -0.39 is 0 Å². The van der Waals surface area contributed by atoms with E-state index in [4.69, 9.17) is 4.74 Å². The highest BCUT2D eigenvalue weighted by Crippen LogP contribution is 2.26. The molecule has 1 heterocycles. The fourth-order valence-electron chi connectivity index (χ4n) is 2.93. The van der Waals surface area contributed by atoms with Crippen molar-refractivity contribution in [1.82, 2.24) is 4.90 Å². The van der Waals surface area contributed by atoms with Crippen LogP contribution in [0.25, 0.3) is 0 Å². The van der Waals surface area contributed by atoms with Gasteiger partial charge in [-0.3, -0.25) is 0 Å². The number of likely N-dealkylation sites (tertiary alicyclic amines) is 1. The molecule has 2 rings (SSSR count). The van der Waals surface area contributed by atoms with Gasteiger partial charge in [0.2, 0.25) is 0 Å². The number of methoxy groups -OCH3 is 1. The molecule has 2 fully saturated rings. The average molecular weight is 197 g/mol. The minimum atomic E-state index is 0.552. The summed E-state index contributed by atoms with van der Waals surface area (Å²) in [5.41, 5.74) is 0. The largest absolute Gasteiger partial charge is 0.381 e. The minimum Gasteiger partial charge on any atom is -0.381 e. The van der Waals surface area contributed by atoms with E-state index in [1.54, 1.807) is 0 Å². The molecule has 14 heavy (non-hydrogen) atoms. The van der Waals surface area contributed by atoms with Crippen molar-refractivity contribution in [2.45, 2.75) is 57.1 Å². The zero-order chi connectivity index (χ0) is 9.80. The van der Waals surface area contributed by atoms with Crippen molar-refractivity contribution in [1.29, 1.82) is 0 Å². The Morgan fingerprint density at radius 1 is 0.929 bits per heavy atom. The van der Waals surface area contributed by atoms with Crippen LogP contribution in [-0.4, -0.2) is 37.2 Å². The maximum atomic E-state index is 5.41. The number of nitrogens with zero attached hydrogens (tertiary/aromatic N) is 1. The van der Waals surface area contributed by atoms with E-state index >= 15 is 0 Å². The Morgan fingerprint density at radius 3 is 2.14 bits per heavy atom. The number of ether oxygens (including phenoxy) is 1. The first-order chi connectivity index (χ1) is 6.90. The first-order valence-electron chi connectivity index (χ1n) is 6.17. The zero-order valence-electron chi connectivity index (χ0n) is 9.37. The molecule has 0 aromatic heterocycles. The molecule has 0 unspecified atom stereocenters. The summed E-state index contributed by atoms with van der Waals surface area (Å²) in [4.78, 5) is 2.72. The molecule has 1 aliphatic carbocycles. The lowest BCUT2D eigenvalue weighted by Crippen LogP contribution is -2.42. The van der Waals surface area contributed by atoms with Crippen LogP contribution in [0, 0.1) is 0 Å².